The summed E-state index contributed by atoms with van der Waals surface area (Å²) in [7, 11) is 0. The van der Waals surface area contributed by atoms with E-state index in [0.717, 1.165) is 0 Å². The lowest BCUT2D eigenvalue weighted by Crippen LogP contribution is -2.52. The maximum absolute atomic E-state index is 12.2. The summed E-state index contributed by atoms with van der Waals surface area (Å²) in [5, 5.41) is 57.2. The van der Waals surface area contributed by atoms with Gasteiger partial charge in [0, 0.05) is 58.5 Å². The third kappa shape index (κ3) is 13.0. The number of hydrogen-bond donors (Lipinski definition) is 6. The van der Waals surface area contributed by atoms with Crippen LogP contribution in [0.5, 0.6) is 0 Å². The van der Waals surface area contributed by atoms with Crippen LogP contribution in [0.25, 0.3) is 0 Å². The number of pyridine rings is 1. The first-order valence-corrected chi connectivity index (χ1v) is 14.3. The maximum Gasteiger partial charge on any atom is 0.320 e. The molecular weight excluding hydrogens is 584 g/mol. The molecule has 1 aromatic heterocycles. The molecule has 6 N–H and O–H groups in total. The molecule has 2 heterocycles. The minimum Gasteiger partial charge on any atom is -0.481 e. The van der Waals surface area contributed by atoms with E-state index in [-0.39, 0.29) is 58.5 Å². The van der Waals surface area contributed by atoms with Gasteiger partial charge in [-0.05, 0) is 31.4 Å². The summed E-state index contributed by atoms with van der Waals surface area (Å²) in [5.41, 5.74) is 0.804. The lowest BCUT2D eigenvalue weighted by Gasteiger charge is -2.36. The number of fused-ring (bicyclic) bond motifs is 2. The van der Waals surface area contributed by atoms with Gasteiger partial charge in [0.1, 0.15) is 18.1 Å². The van der Waals surface area contributed by atoms with Crippen molar-refractivity contribution in [1.82, 2.24) is 19.7 Å². The highest BCUT2D eigenvalue weighted by Crippen LogP contribution is 2.19. The van der Waals surface area contributed by atoms with E-state index in [9.17, 15) is 44.1 Å². The van der Waals surface area contributed by atoms with E-state index in [1.54, 1.807) is 18.2 Å². The number of aliphatic carboxylic acids is 6. The predicted molar refractivity (Wildman–Crippen MR) is 153 cm³/mol. The number of aromatic nitrogens is 1. The monoisotopic (exact) mass is 626 g/mol. The molecule has 0 aromatic carbocycles. The van der Waals surface area contributed by atoms with Gasteiger partial charge >= 0.3 is 35.8 Å². The third-order valence-electron chi connectivity index (χ3n) is 7.02. The zero-order valence-electron chi connectivity index (χ0n) is 24.9. The summed E-state index contributed by atoms with van der Waals surface area (Å²) in [6.45, 7) is 3.64. The molecule has 3 unspecified atom stereocenters. The second-order valence-corrected chi connectivity index (χ2v) is 9.96. The normalized spacial score (nSPS) is 17.0. The third-order valence-corrected chi connectivity index (χ3v) is 7.02. The van der Waals surface area contributed by atoms with Gasteiger partial charge in [0.2, 0.25) is 0 Å². The number of carboxylic acid groups (broad SMARTS) is 6. The van der Waals surface area contributed by atoms with Crippen molar-refractivity contribution < 1.29 is 59.4 Å². The predicted octanol–water partition coefficient (Wildman–Crippen LogP) is 0.981. The van der Waals surface area contributed by atoms with Crippen molar-refractivity contribution in [1.29, 1.82) is 0 Å². The molecule has 44 heavy (non-hydrogen) atoms. The molecule has 1 aliphatic rings. The molecule has 246 valence electrons. The highest BCUT2D eigenvalue weighted by molar-refractivity contribution is 5.76. The molecule has 1 aromatic rings. The summed E-state index contributed by atoms with van der Waals surface area (Å²) >= 11 is 0. The Balaban J connectivity index is 0.00000474. The Labute approximate surface area is 254 Å². The van der Waals surface area contributed by atoms with Gasteiger partial charge < -0.3 is 30.6 Å². The summed E-state index contributed by atoms with van der Waals surface area (Å²) in [6, 6.07) is 1.08. The van der Waals surface area contributed by atoms with Crippen LogP contribution in [0.4, 0.5) is 0 Å². The fraction of sp³-hybridized carbons (Fsp3) is 0.607. The van der Waals surface area contributed by atoms with E-state index < -0.39 is 73.2 Å². The molecule has 0 fully saturated rings. The molecule has 0 saturated heterocycles. The van der Waals surface area contributed by atoms with E-state index in [0.29, 0.717) is 11.4 Å². The van der Waals surface area contributed by atoms with Gasteiger partial charge in [-0.25, -0.2) is 0 Å². The molecule has 2 bridgehead atoms. The van der Waals surface area contributed by atoms with Crippen LogP contribution in [0.15, 0.2) is 18.2 Å². The van der Waals surface area contributed by atoms with Crippen LogP contribution in [0.1, 0.15) is 63.8 Å². The van der Waals surface area contributed by atoms with Gasteiger partial charge in [-0.2, -0.15) is 0 Å². The first-order valence-electron chi connectivity index (χ1n) is 14.3. The second kappa shape index (κ2) is 19.2. The summed E-state index contributed by atoms with van der Waals surface area (Å²) in [5.74, 6) is -7.47. The van der Waals surface area contributed by atoms with E-state index in [4.69, 9.17) is 15.3 Å². The molecule has 0 aliphatic carbocycles. The molecule has 16 nitrogen and oxygen atoms in total. The van der Waals surface area contributed by atoms with Crippen molar-refractivity contribution in [2.24, 2.45) is 0 Å². The SMILES string of the molecule is CC.O=C(O)CCC(C(=O)O)N1CCN(C(CCC(=O)O)C(=O)O)Cc2cccc(n2)CN(C(CCC(=O)O)C(=O)O)CC1. The summed E-state index contributed by atoms with van der Waals surface area (Å²) in [4.78, 5) is 79.1. The zero-order chi connectivity index (χ0) is 33.4. The van der Waals surface area contributed by atoms with Crippen molar-refractivity contribution in [3.05, 3.63) is 29.6 Å². The van der Waals surface area contributed by atoms with Crippen LogP contribution in [-0.4, -0.2) is 130 Å². The van der Waals surface area contributed by atoms with Crippen LogP contribution in [0.2, 0.25) is 0 Å². The van der Waals surface area contributed by atoms with Crippen LogP contribution in [-0.2, 0) is 41.9 Å². The van der Waals surface area contributed by atoms with Crippen LogP contribution in [0.3, 0.4) is 0 Å². The van der Waals surface area contributed by atoms with E-state index in [1.165, 1.54) is 14.7 Å². The smallest absolute Gasteiger partial charge is 0.320 e. The number of hydrogen-bond acceptors (Lipinski definition) is 10. The Morgan fingerprint density at radius 2 is 0.886 bits per heavy atom. The van der Waals surface area contributed by atoms with Crippen LogP contribution >= 0.6 is 0 Å². The Hall–Kier alpha value is -4.15. The molecular formula is C28H42N4O12. The number of carboxylic acids is 6. The van der Waals surface area contributed by atoms with E-state index >= 15 is 0 Å². The molecule has 0 spiro atoms. The lowest BCUT2D eigenvalue weighted by molar-refractivity contribution is -0.148. The highest BCUT2D eigenvalue weighted by atomic mass is 16.4. The van der Waals surface area contributed by atoms with Gasteiger partial charge in [0.25, 0.3) is 0 Å². The maximum atomic E-state index is 12.2. The largest absolute Gasteiger partial charge is 0.481 e. The molecule has 3 atom stereocenters. The Morgan fingerprint density at radius 1 is 0.591 bits per heavy atom. The molecule has 2 rings (SSSR count). The lowest BCUT2D eigenvalue weighted by atomic mass is 10.1. The Morgan fingerprint density at radius 3 is 1.18 bits per heavy atom. The second-order valence-electron chi connectivity index (χ2n) is 9.96. The van der Waals surface area contributed by atoms with Gasteiger partial charge in [0.15, 0.2) is 0 Å². The van der Waals surface area contributed by atoms with Crippen molar-refractivity contribution in [2.45, 2.75) is 83.6 Å². The fourth-order valence-corrected chi connectivity index (χ4v) is 4.92. The van der Waals surface area contributed by atoms with Gasteiger partial charge in [-0.15, -0.1) is 0 Å². The first kappa shape index (κ1) is 37.9. The fourth-order valence-electron chi connectivity index (χ4n) is 4.92. The average molecular weight is 627 g/mol. The van der Waals surface area contributed by atoms with Crippen molar-refractivity contribution in [2.75, 3.05) is 26.2 Å². The van der Waals surface area contributed by atoms with E-state index in [1.807, 2.05) is 13.8 Å². The summed E-state index contributed by atoms with van der Waals surface area (Å²) in [6.07, 6.45) is -2.07. The Kier molecular flexibility index (Phi) is 16.5. The standard InChI is InChI=1S/C26H36N4O12.C2H6/c31-21(32)7-4-18(24(37)38)28-10-12-29(19(25(39)40)5-8-22(33)34)14-16-2-1-3-17(27-16)15-30(13-11-28)20(26(41)42)6-9-23(35)36;1-2/h1-3,18-20H,4-15H2,(H,31,32)(H,33,34)(H,35,36)(H,37,38)(H,39,40)(H,41,42);1-2H3. The van der Waals surface area contributed by atoms with Crippen molar-refractivity contribution >= 4 is 35.8 Å². The summed E-state index contributed by atoms with van der Waals surface area (Å²) < 4.78 is 0. The highest BCUT2D eigenvalue weighted by Gasteiger charge is 2.33. The topological polar surface area (TPSA) is 246 Å². The minimum absolute atomic E-state index is 0.0491. The molecule has 1 aliphatic heterocycles. The molecule has 0 amide bonds. The number of carbonyl (C=O) groups is 6. The minimum atomic E-state index is -1.32. The van der Waals surface area contributed by atoms with Crippen LogP contribution in [0, 0.1) is 0 Å². The van der Waals surface area contributed by atoms with Crippen molar-refractivity contribution in [3.63, 3.8) is 0 Å². The first-order chi connectivity index (χ1) is 20.8. The zero-order valence-corrected chi connectivity index (χ0v) is 24.9. The van der Waals surface area contributed by atoms with Gasteiger partial charge in [-0.3, -0.25) is 48.5 Å². The number of rotatable bonds is 15. The molecule has 16 heteroatoms. The van der Waals surface area contributed by atoms with Crippen molar-refractivity contribution in [3.8, 4) is 0 Å². The van der Waals surface area contributed by atoms with E-state index in [2.05, 4.69) is 4.98 Å². The van der Waals surface area contributed by atoms with Crippen LogP contribution < -0.4 is 0 Å². The quantitative estimate of drug-likeness (QED) is 0.159. The van der Waals surface area contributed by atoms with Gasteiger partial charge in [0.05, 0.1) is 11.4 Å². The average Bonchev–Trinajstić information content (AvgIpc) is 2.93. The number of nitrogens with zero attached hydrogens (tertiary/aromatic N) is 4. The Bertz CT molecular complexity index is 1080. The molecule has 0 saturated carbocycles. The van der Waals surface area contributed by atoms with Gasteiger partial charge in [-0.1, -0.05) is 19.9 Å². The molecule has 0 radical (unpaired) electrons.